The number of hydrogen-bond acceptors (Lipinski definition) is 12. The van der Waals surface area contributed by atoms with E-state index in [1.54, 1.807) is 42.3 Å². The van der Waals surface area contributed by atoms with E-state index in [0.29, 0.717) is 72.3 Å². The van der Waals surface area contributed by atoms with E-state index in [4.69, 9.17) is 16.3 Å². The molecular weight excluding hydrogens is 842 g/mol. The van der Waals surface area contributed by atoms with E-state index in [9.17, 15) is 29.6 Å². The number of hydrogen-bond donors (Lipinski definition) is 4. The minimum atomic E-state index is -0.821. The Morgan fingerprint density at radius 1 is 1.08 bits per heavy atom. The second-order valence-electron chi connectivity index (χ2n) is 17.4. The zero-order chi connectivity index (χ0) is 45.3. The highest BCUT2D eigenvalue weighted by molar-refractivity contribution is 7.74. The highest BCUT2D eigenvalue weighted by Gasteiger charge is 2.47. The average molecular weight is 896 g/mol. The van der Waals surface area contributed by atoms with E-state index in [0.717, 1.165) is 35.2 Å². The number of ketones is 2. The number of ether oxygens (including phenoxy) is 1. The van der Waals surface area contributed by atoms with E-state index in [-0.39, 0.29) is 54.4 Å². The molecule has 1 spiro atoms. The summed E-state index contributed by atoms with van der Waals surface area (Å²) in [5.74, 6) is 0.506. The summed E-state index contributed by atoms with van der Waals surface area (Å²) in [4.78, 5) is 65.0. The fraction of sp³-hybridized carbons (Fsp3) is 0.413. The Morgan fingerprint density at radius 3 is 2.44 bits per heavy atom. The van der Waals surface area contributed by atoms with Crippen molar-refractivity contribution in [3.05, 3.63) is 105 Å². The third kappa shape index (κ3) is 10.1. The van der Waals surface area contributed by atoms with Crippen LogP contribution in [0.25, 0.3) is 0 Å². The van der Waals surface area contributed by atoms with Crippen LogP contribution in [0.5, 0.6) is 5.75 Å². The summed E-state index contributed by atoms with van der Waals surface area (Å²) >= 11 is 11.0. The second kappa shape index (κ2) is 18.2. The van der Waals surface area contributed by atoms with Gasteiger partial charge in [0.2, 0.25) is 0 Å². The summed E-state index contributed by atoms with van der Waals surface area (Å²) < 4.78 is 5.16. The number of nitriles is 1. The highest BCUT2D eigenvalue weighted by atomic mass is 35.5. The number of carbonyl (C=O) groups is 4. The minimum Gasteiger partial charge on any atom is -0.487 e. The molecule has 3 aliphatic heterocycles. The average Bonchev–Trinajstić information content (AvgIpc) is 3.55. The topological polar surface area (TPSA) is 181 Å². The molecule has 2 atom stereocenters. The first kappa shape index (κ1) is 45.3. The Morgan fingerprint density at radius 2 is 1.79 bits per heavy atom. The lowest BCUT2D eigenvalue weighted by Gasteiger charge is -2.54. The fourth-order valence-corrected chi connectivity index (χ4v) is 9.16. The third-order valence-corrected chi connectivity index (χ3v) is 12.9. The van der Waals surface area contributed by atoms with Gasteiger partial charge < -0.3 is 24.8 Å². The number of aromatic nitrogens is 2. The molecule has 0 bridgehead atoms. The highest BCUT2D eigenvalue weighted by Crippen LogP contribution is 2.45. The Balaban J connectivity index is 0.925. The van der Waals surface area contributed by atoms with Crippen LogP contribution in [-0.2, 0) is 28.2 Å². The number of carbonyl (C=O) groups excluding carboxylic acids is 4. The number of piperidine rings is 1. The molecule has 0 aliphatic carbocycles. The molecule has 3 N–H and O–H groups in total. The number of nitrogens with one attached hydrogen (secondary N) is 2. The maximum atomic E-state index is 13.4. The normalized spacial score (nSPS) is 17.0. The first-order valence-electron chi connectivity index (χ1n) is 21.1. The lowest BCUT2D eigenvalue weighted by atomic mass is 9.72. The summed E-state index contributed by atoms with van der Waals surface area (Å²) in [7, 11) is 1.41. The Kier molecular flexibility index (Phi) is 13.1. The predicted octanol–water partition coefficient (Wildman–Crippen LogP) is 7.72. The van der Waals surface area contributed by atoms with Gasteiger partial charge in [0.1, 0.15) is 44.1 Å². The van der Waals surface area contributed by atoms with Crippen molar-refractivity contribution >= 4 is 65.2 Å². The van der Waals surface area contributed by atoms with E-state index >= 15 is 0 Å². The molecule has 1 aromatic heterocycles. The van der Waals surface area contributed by atoms with E-state index in [1.807, 2.05) is 36.4 Å². The number of urea groups is 1. The first-order chi connectivity index (χ1) is 29.9. The van der Waals surface area contributed by atoms with Crippen LogP contribution in [0.4, 0.5) is 22.1 Å². The van der Waals surface area contributed by atoms with Crippen molar-refractivity contribution in [2.45, 2.75) is 84.4 Å². The van der Waals surface area contributed by atoms with Gasteiger partial charge in [0.15, 0.2) is 5.78 Å². The quantitative estimate of drug-likeness (QED) is 0.0521. The zero-order valence-corrected chi connectivity index (χ0v) is 37.8. The van der Waals surface area contributed by atoms with Gasteiger partial charge in [-0.05, 0) is 95.6 Å². The van der Waals surface area contributed by atoms with Gasteiger partial charge in [0.25, 0.3) is 11.9 Å². The predicted molar refractivity (Wildman–Crippen MR) is 241 cm³/mol. The Bertz CT molecular complexity index is 2450. The largest absolute Gasteiger partial charge is 0.487 e. The minimum absolute atomic E-state index is 0.0285. The van der Waals surface area contributed by atoms with Crippen LogP contribution >= 0.6 is 24.4 Å². The molecule has 4 heterocycles. The molecular formula is C46H53ClN9O6S+. The molecule has 3 aromatic carbocycles. The summed E-state index contributed by atoms with van der Waals surface area (Å²) in [6.45, 7) is 10.4. The van der Waals surface area contributed by atoms with Gasteiger partial charge in [-0.15, -0.1) is 0 Å². The molecule has 7 rings (SSSR count). The molecule has 15 nitrogen and oxygen atoms in total. The molecule has 4 aromatic rings. The molecule has 3 aliphatic rings. The third-order valence-electron chi connectivity index (χ3n) is 12.5. The van der Waals surface area contributed by atoms with Crippen LogP contribution in [-0.4, -0.2) is 91.9 Å². The Labute approximate surface area is 378 Å². The fourth-order valence-electron chi connectivity index (χ4n) is 8.73. The van der Waals surface area contributed by atoms with Gasteiger partial charge in [-0.2, -0.15) is 15.9 Å². The first-order valence-corrected chi connectivity index (χ1v) is 21.8. The van der Waals surface area contributed by atoms with Crippen molar-refractivity contribution in [1.29, 1.82) is 5.26 Å². The number of rotatable bonds is 15. The number of likely N-dealkylation sites (tertiary alicyclic amines) is 1. The van der Waals surface area contributed by atoms with E-state index < -0.39 is 15.6 Å². The van der Waals surface area contributed by atoms with Gasteiger partial charge in [0.05, 0.1) is 28.0 Å². The van der Waals surface area contributed by atoms with Gasteiger partial charge in [-0.3, -0.25) is 14.4 Å². The van der Waals surface area contributed by atoms with Crippen molar-refractivity contribution in [1.82, 2.24) is 19.8 Å². The maximum absolute atomic E-state index is 13.4. The number of amides is 3. The summed E-state index contributed by atoms with van der Waals surface area (Å²) in [5, 5.41) is 23.7. The monoisotopic (exact) mass is 894 g/mol. The van der Waals surface area contributed by atoms with Crippen LogP contribution in [0, 0.1) is 16.7 Å². The summed E-state index contributed by atoms with van der Waals surface area (Å²) in [6.07, 6.45) is 4.17. The number of hydroxylamine groups is 1. The summed E-state index contributed by atoms with van der Waals surface area (Å²) in [6, 6.07) is 20.1. The van der Waals surface area contributed by atoms with Crippen molar-refractivity contribution < 1.29 is 33.3 Å². The van der Waals surface area contributed by atoms with Gasteiger partial charge in [-0.1, -0.05) is 44.5 Å². The molecule has 17 heteroatoms. The van der Waals surface area contributed by atoms with E-state index in [2.05, 4.69) is 58.3 Å². The van der Waals surface area contributed by atoms with Crippen LogP contribution in [0.3, 0.4) is 0 Å². The molecule has 0 radical (unpaired) electrons. The smallest absolute Gasteiger partial charge is 0.321 e. The Hall–Kier alpha value is -5.73. The molecule has 3 amide bonds. The number of thiol groups is 1. The van der Waals surface area contributed by atoms with Crippen molar-refractivity contribution in [3.63, 3.8) is 0 Å². The van der Waals surface area contributed by atoms with Crippen LogP contribution in [0.2, 0.25) is 5.02 Å². The zero-order valence-electron chi connectivity index (χ0n) is 36.2. The molecule has 63 heavy (non-hydrogen) atoms. The van der Waals surface area contributed by atoms with Crippen molar-refractivity contribution in [3.8, 4) is 11.8 Å². The van der Waals surface area contributed by atoms with Crippen molar-refractivity contribution in [2.75, 3.05) is 48.9 Å². The van der Waals surface area contributed by atoms with Crippen LogP contribution in [0.1, 0.15) is 98.1 Å². The number of halogens is 1. The SMILES string of the molecule is CCC(=O)CCC(C(C)=O)N1Cc2cc(NC(=O)N3CC4(CCN(c5c(Cl)cc(C(C)(C)c6ccc(OCc7ccnc(N[N+](C)(O)S)n7)cc6)cc5C#N)CC4)C3)ccc2C1=O. The number of Topliss-reactive ketones (excluding diaryl/α,β-unsaturated/α-hetero) is 2. The lowest BCUT2D eigenvalue weighted by Crippen LogP contribution is -2.62. The van der Waals surface area contributed by atoms with Crippen LogP contribution < -0.4 is 20.4 Å². The molecule has 2 fully saturated rings. The standard InChI is InChI=1S/C46H52ClN9O6S/c1-6-36(58)10-14-40(29(2)57)55-25-31-22-34(9-13-38(31)42(55)59)51-44(60)54-27-46(28-54)16-19-53(20-17-46)41-30(24-48)21-33(23-39(41)47)45(3,4)32-7-11-37(12-8-32)62-26-35-15-18-49-43(50-35)52-56(5,61)63/h7-9,11-13,15,18,21-23,40,61,63H,6,10,14,16-17,19-20,25-28H2,1-5H3,(H-,49,50,51,52,59,60)/p+1. The summed E-state index contributed by atoms with van der Waals surface area (Å²) in [5.41, 5.74) is 7.69. The van der Waals surface area contributed by atoms with Gasteiger partial charge in [0, 0.05) is 73.8 Å². The number of fused-ring (bicyclic) bond motifs is 1. The maximum Gasteiger partial charge on any atom is 0.321 e. The molecule has 2 unspecified atom stereocenters. The van der Waals surface area contributed by atoms with Crippen molar-refractivity contribution in [2.24, 2.45) is 5.41 Å². The van der Waals surface area contributed by atoms with E-state index in [1.165, 1.54) is 18.9 Å². The van der Waals surface area contributed by atoms with Gasteiger partial charge >= 0.3 is 6.03 Å². The second-order valence-corrected chi connectivity index (χ2v) is 18.6. The number of nitrogens with zero attached hydrogens (tertiary/aromatic N) is 7. The van der Waals surface area contributed by atoms with Crippen LogP contribution in [0.15, 0.2) is 66.9 Å². The number of anilines is 3. The number of benzene rings is 3. The number of quaternary nitrogens is 1. The lowest BCUT2D eigenvalue weighted by molar-refractivity contribution is -0.955. The molecule has 330 valence electrons. The molecule has 0 saturated carbocycles. The molecule has 2 saturated heterocycles. The van der Waals surface area contributed by atoms with Gasteiger partial charge in [-0.25, -0.2) is 14.8 Å².